The Hall–Kier alpha value is -3.41. The lowest BCUT2D eigenvalue weighted by Gasteiger charge is -2.31. The van der Waals surface area contributed by atoms with Gasteiger partial charge in [0, 0.05) is 24.6 Å². The first-order valence-electron chi connectivity index (χ1n) is 11.1. The number of nitrogen functional groups attached to an aromatic ring is 1. The van der Waals surface area contributed by atoms with Crippen molar-refractivity contribution in [2.24, 2.45) is 0 Å². The summed E-state index contributed by atoms with van der Waals surface area (Å²) in [7, 11) is 0. The van der Waals surface area contributed by atoms with E-state index in [9.17, 15) is 4.79 Å². The van der Waals surface area contributed by atoms with Crippen molar-refractivity contribution in [1.29, 1.82) is 0 Å². The van der Waals surface area contributed by atoms with Gasteiger partial charge in [-0.1, -0.05) is 32.9 Å². The van der Waals surface area contributed by atoms with Gasteiger partial charge in [-0.3, -0.25) is 4.79 Å². The van der Waals surface area contributed by atoms with Crippen molar-refractivity contribution in [3.8, 4) is 11.5 Å². The molecule has 1 amide bonds. The van der Waals surface area contributed by atoms with E-state index in [0.717, 1.165) is 24.3 Å². The minimum Gasteiger partial charge on any atom is -0.457 e. The van der Waals surface area contributed by atoms with Crippen molar-refractivity contribution in [2.45, 2.75) is 44.9 Å². The molecule has 1 aromatic heterocycles. The maximum Gasteiger partial charge on any atom is 0.253 e. The van der Waals surface area contributed by atoms with Crippen LogP contribution in [0, 0.1) is 0 Å². The fraction of sp³-hybridized carbons (Fsp3) is 0.346. The molecule has 32 heavy (non-hydrogen) atoms. The molecule has 2 N–H and O–H groups in total. The van der Waals surface area contributed by atoms with E-state index >= 15 is 0 Å². The molecule has 2 aromatic carbocycles. The van der Waals surface area contributed by atoms with Gasteiger partial charge < -0.3 is 15.4 Å². The van der Waals surface area contributed by atoms with E-state index in [-0.39, 0.29) is 11.3 Å². The number of ether oxygens (including phenoxy) is 1. The highest BCUT2D eigenvalue weighted by molar-refractivity contribution is 5.94. The Morgan fingerprint density at radius 3 is 2.03 bits per heavy atom. The molecule has 6 heteroatoms. The Labute approximate surface area is 189 Å². The van der Waals surface area contributed by atoms with E-state index in [1.165, 1.54) is 5.56 Å². The number of amides is 1. The number of carbonyl (C=O) groups is 1. The van der Waals surface area contributed by atoms with Gasteiger partial charge in [0.2, 0.25) is 0 Å². The molecular weight excluding hydrogens is 400 g/mol. The van der Waals surface area contributed by atoms with Gasteiger partial charge in [-0.15, -0.1) is 5.10 Å². The second-order valence-corrected chi connectivity index (χ2v) is 9.35. The number of hydrogen-bond acceptors (Lipinski definition) is 5. The average Bonchev–Trinajstić information content (AvgIpc) is 2.80. The minimum atomic E-state index is 0.0490. The highest BCUT2D eigenvalue weighted by Gasteiger charge is 2.25. The van der Waals surface area contributed by atoms with Crippen LogP contribution in [0.3, 0.4) is 0 Å². The molecular formula is C26H30N4O2. The second-order valence-electron chi connectivity index (χ2n) is 9.35. The van der Waals surface area contributed by atoms with Crippen molar-refractivity contribution >= 4 is 11.7 Å². The third kappa shape index (κ3) is 5.07. The van der Waals surface area contributed by atoms with E-state index in [1.54, 1.807) is 6.07 Å². The van der Waals surface area contributed by atoms with Crippen LogP contribution >= 0.6 is 0 Å². The van der Waals surface area contributed by atoms with Crippen molar-refractivity contribution in [2.75, 3.05) is 18.8 Å². The number of likely N-dealkylation sites (tertiary alicyclic amines) is 1. The van der Waals surface area contributed by atoms with Crippen molar-refractivity contribution in [3.05, 3.63) is 77.5 Å². The van der Waals surface area contributed by atoms with Crippen LogP contribution < -0.4 is 10.5 Å². The summed E-state index contributed by atoms with van der Waals surface area (Å²) >= 11 is 0. The van der Waals surface area contributed by atoms with Gasteiger partial charge in [-0.25, -0.2) is 0 Å². The van der Waals surface area contributed by atoms with Crippen LogP contribution in [0.5, 0.6) is 11.5 Å². The summed E-state index contributed by atoms with van der Waals surface area (Å²) in [6.07, 6.45) is 1.74. The van der Waals surface area contributed by atoms with Crippen molar-refractivity contribution in [1.82, 2.24) is 15.1 Å². The third-order valence-electron chi connectivity index (χ3n) is 5.96. The first kappa shape index (κ1) is 21.8. The highest BCUT2D eigenvalue weighted by Crippen LogP contribution is 2.29. The molecule has 166 valence electrons. The predicted octanol–water partition coefficient (Wildman–Crippen LogP) is 5.17. The lowest BCUT2D eigenvalue weighted by molar-refractivity contribution is 0.0712. The van der Waals surface area contributed by atoms with Crippen LogP contribution in [0.25, 0.3) is 0 Å². The summed E-state index contributed by atoms with van der Waals surface area (Å²) in [4.78, 5) is 14.8. The number of benzene rings is 2. The predicted molar refractivity (Wildman–Crippen MR) is 126 cm³/mol. The van der Waals surface area contributed by atoms with Gasteiger partial charge in [0.05, 0.1) is 5.69 Å². The molecule has 4 rings (SSSR count). The molecule has 1 saturated heterocycles. The van der Waals surface area contributed by atoms with Crippen molar-refractivity contribution in [3.63, 3.8) is 0 Å². The number of piperidine rings is 1. The Morgan fingerprint density at radius 2 is 1.50 bits per heavy atom. The number of anilines is 1. The SMILES string of the molecule is CC(C)(C)c1ccc(Oc2ccc(C(=O)N3CCC(c4ccc(N)nn4)CC3)cc2)cc1. The van der Waals surface area contributed by atoms with E-state index < -0.39 is 0 Å². The zero-order valence-corrected chi connectivity index (χ0v) is 18.9. The molecule has 0 unspecified atom stereocenters. The number of hydrogen-bond donors (Lipinski definition) is 1. The Kier molecular flexibility index (Phi) is 6.12. The summed E-state index contributed by atoms with van der Waals surface area (Å²) in [5.74, 6) is 2.28. The normalized spacial score (nSPS) is 14.9. The molecule has 1 fully saturated rings. The smallest absolute Gasteiger partial charge is 0.253 e. The monoisotopic (exact) mass is 430 g/mol. The molecule has 0 saturated carbocycles. The van der Waals surface area contributed by atoms with Gasteiger partial charge in [0.1, 0.15) is 17.3 Å². The minimum absolute atomic E-state index is 0.0490. The van der Waals surface area contributed by atoms with Crippen LogP contribution in [-0.2, 0) is 5.41 Å². The zero-order chi connectivity index (χ0) is 22.7. The molecule has 0 spiro atoms. The summed E-state index contributed by atoms with van der Waals surface area (Å²) in [6.45, 7) is 7.97. The molecule has 0 bridgehead atoms. The van der Waals surface area contributed by atoms with Gasteiger partial charge in [0.25, 0.3) is 5.91 Å². The Balaban J connectivity index is 1.34. The molecule has 0 atom stereocenters. The van der Waals surface area contributed by atoms with Gasteiger partial charge >= 0.3 is 0 Å². The molecule has 2 heterocycles. The third-order valence-corrected chi connectivity index (χ3v) is 5.96. The topological polar surface area (TPSA) is 81.3 Å². The fourth-order valence-electron chi connectivity index (χ4n) is 3.96. The van der Waals surface area contributed by atoms with E-state index in [1.807, 2.05) is 47.4 Å². The van der Waals surface area contributed by atoms with Gasteiger partial charge in [0.15, 0.2) is 0 Å². The molecule has 6 nitrogen and oxygen atoms in total. The van der Waals surface area contributed by atoms with Crippen LogP contribution in [0.1, 0.15) is 61.1 Å². The van der Waals surface area contributed by atoms with Crippen LogP contribution in [0.4, 0.5) is 5.82 Å². The molecule has 0 aliphatic carbocycles. The van der Waals surface area contributed by atoms with Gasteiger partial charge in [-0.2, -0.15) is 5.10 Å². The van der Waals surface area contributed by atoms with Crippen molar-refractivity contribution < 1.29 is 9.53 Å². The maximum atomic E-state index is 12.9. The van der Waals surface area contributed by atoms with E-state index in [4.69, 9.17) is 10.5 Å². The van der Waals surface area contributed by atoms with Crippen LogP contribution in [-0.4, -0.2) is 34.1 Å². The number of aromatic nitrogens is 2. The zero-order valence-electron chi connectivity index (χ0n) is 18.9. The van der Waals surface area contributed by atoms with Crippen LogP contribution in [0.2, 0.25) is 0 Å². The Morgan fingerprint density at radius 1 is 0.906 bits per heavy atom. The second kappa shape index (κ2) is 8.99. The molecule has 0 radical (unpaired) electrons. The van der Waals surface area contributed by atoms with Gasteiger partial charge in [-0.05, 0) is 72.4 Å². The number of nitrogens with zero attached hydrogens (tertiary/aromatic N) is 3. The number of rotatable bonds is 4. The molecule has 1 aliphatic rings. The summed E-state index contributed by atoms with van der Waals surface area (Å²) in [5.41, 5.74) is 8.61. The fourth-order valence-corrected chi connectivity index (χ4v) is 3.96. The summed E-state index contributed by atoms with van der Waals surface area (Å²) in [6, 6.07) is 19.2. The highest BCUT2D eigenvalue weighted by atomic mass is 16.5. The first-order valence-corrected chi connectivity index (χ1v) is 11.1. The largest absolute Gasteiger partial charge is 0.457 e. The molecule has 3 aromatic rings. The molecule has 1 aliphatic heterocycles. The summed E-state index contributed by atoms with van der Waals surface area (Å²) in [5, 5.41) is 8.14. The lowest BCUT2D eigenvalue weighted by atomic mass is 9.87. The standard InChI is InChI=1S/C26H30N4O2/c1-26(2,3)20-6-10-22(11-7-20)32-21-8-4-19(5-9-21)25(31)30-16-14-18(15-17-30)23-12-13-24(27)29-28-23/h4-13,18H,14-17H2,1-3H3,(H2,27,29). The number of nitrogens with two attached hydrogens (primary N) is 1. The van der Waals surface area contributed by atoms with Crippen LogP contribution in [0.15, 0.2) is 60.7 Å². The number of carbonyl (C=O) groups excluding carboxylic acids is 1. The average molecular weight is 431 g/mol. The first-order chi connectivity index (χ1) is 15.3. The van der Waals surface area contributed by atoms with E-state index in [0.29, 0.717) is 36.1 Å². The van der Waals surface area contributed by atoms with E-state index in [2.05, 4.69) is 43.1 Å². The Bertz CT molecular complexity index is 1050. The quantitative estimate of drug-likeness (QED) is 0.618. The maximum absolute atomic E-state index is 12.9. The lowest BCUT2D eigenvalue weighted by Crippen LogP contribution is -2.38. The summed E-state index contributed by atoms with van der Waals surface area (Å²) < 4.78 is 5.95.